The molecule has 1 N–H and O–H groups in total. The number of piperidine rings is 1. The number of benzene rings is 1. The zero-order chi connectivity index (χ0) is 18.5. The molecule has 3 aliphatic rings. The lowest BCUT2D eigenvalue weighted by molar-refractivity contribution is -0.119. The van der Waals surface area contributed by atoms with Gasteiger partial charge in [0, 0.05) is 39.1 Å². The summed E-state index contributed by atoms with van der Waals surface area (Å²) in [5, 5.41) is 3.01. The van der Waals surface area contributed by atoms with Gasteiger partial charge in [0.1, 0.15) is 12.4 Å². The van der Waals surface area contributed by atoms with Crippen LogP contribution in [0.5, 0.6) is 5.75 Å². The van der Waals surface area contributed by atoms with Gasteiger partial charge in [0.2, 0.25) is 5.91 Å². The molecular weight excluding hydrogens is 342 g/mol. The lowest BCUT2D eigenvalue weighted by Crippen LogP contribution is -2.40. The van der Waals surface area contributed by atoms with Crippen LogP contribution in [0.2, 0.25) is 0 Å². The monoisotopic (exact) mass is 373 g/mol. The van der Waals surface area contributed by atoms with Crippen LogP contribution in [0.4, 0.5) is 0 Å². The molecule has 0 atom stereocenters. The number of rotatable bonds is 6. The van der Waals surface area contributed by atoms with Gasteiger partial charge in [-0.15, -0.1) is 0 Å². The predicted molar refractivity (Wildman–Crippen MR) is 104 cm³/mol. The van der Waals surface area contributed by atoms with Crippen LogP contribution in [0.15, 0.2) is 24.3 Å². The van der Waals surface area contributed by atoms with Gasteiger partial charge in [-0.2, -0.15) is 0 Å². The van der Waals surface area contributed by atoms with Crippen LogP contribution < -0.4 is 10.1 Å². The molecule has 3 heterocycles. The minimum absolute atomic E-state index is 0.220. The number of nitrogens with zero attached hydrogens (tertiary/aromatic N) is 2. The fourth-order valence-electron chi connectivity index (χ4n) is 4.40. The second kappa shape index (κ2) is 8.59. The van der Waals surface area contributed by atoms with Gasteiger partial charge in [-0.25, -0.2) is 0 Å². The third-order valence-electron chi connectivity index (χ3n) is 6.20. The van der Waals surface area contributed by atoms with E-state index in [1.807, 2.05) is 6.07 Å². The Kier molecular flexibility index (Phi) is 5.95. The Morgan fingerprint density at radius 1 is 1.11 bits per heavy atom. The summed E-state index contributed by atoms with van der Waals surface area (Å²) in [6, 6.07) is 8.48. The quantitative estimate of drug-likeness (QED) is 0.819. The topological polar surface area (TPSA) is 54.0 Å². The van der Waals surface area contributed by atoms with Gasteiger partial charge in [-0.05, 0) is 49.0 Å². The molecule has 0 radical (unpaired) electrons. The molecule has 148 valence electrons. The lowest BCUT2D eigenvalue weighted by Gasteiger charge is -2.38. The first-order chi connectivity index (χ1) is 13.2. The molecule has 0 bridgehead atoms. The van der Waals surface area contributed by atoms with Crippen LogP contribution in [0.25, 0.3) is 0 Å². The summed E-state index contributed by atoms with van der Waals surface area (Å²) < 4.78 is 11.4. The van der Waals surface area contributed by atoms with Crippen molar-refractivity contribution in [1.82, 2.24) is 15.1 Å². The molecule has 3 fully saturated rings. The molecule has 3 aliphatic heterocycles. The number of ether oxygens (including phenoxy) is 2. The maximum Gasteiger partial charge on any atom is 0.220 e. The maximum absolute atomic E-state index is 11.6. The van der Waals surface area contributed by atoms with Gasteiger partial charge in [-0.1, -0.05) is 12.1 Å². The largest absolute Gasteiger partial charge is 0.492 e. The van der Waals surface area contributed by atoms with E-state index in [9.17, 15) is 4.79 Å². The first-order valence-electron chi connectivity index (χ1n) is 10.2. The Morgan fingerprint density at radius 2 is 1.93 bits per heavy atom. The average Bonchev–Trinajstić information content (AvgIpc) is 3.05. The van der Waals surface area contributed by atoms with E-state index in [4.69, 9.17) is 9.47 Å². The minimum atomic E-state index is 0.220. The highest BCUT2D eigenvalue weighted by atomic mass is 16.5. The first kappa shape index (κ1) is 18.7. The van der Waals surface area contributed by atoms with E-state index in [1.54, 1.807) is 0 Å². The van der Waals surface area contributed by atoms with E-state index in [0.29, 0.717) is 6.42 Å². The normalized spacial score (nSPS) is 23.5. The van der Waals surface area contributed by atoms with Gasteiger partial charge in [0.15, 0.2) is 0 Å². The highest BCUT2D eigenvalue weighted by Gasteiger charge is 2.40. The summed E-state index contributed by atoms with van der Waals surface area (Å²) in [6.07, 6.45) is 2.94. The zero-order valence-corrected chi connectivity index (χ0v) is 16.1. The van der Waals surface area contributed by atoms with E-state index < -0.39 is 0 Å². The van der Waals surface area contributed by atoms with Crippen LogP contribution in [0.3, 0.4) is 0 Å². The van der Waals surface area contributed by atoms with Crippen LogP contribution >= 0.6 is 0 Å². The Morgan fingerprint density at radius 3 is 2.67 bits per heavy atom. The lowest BCUT2D eigenvalue weighted by atomic mass is 9.77. The molecule has 0 aromatic heterocycles. The molecule has 3 saturated heterocycles. The third-order valence-corrected chi connectivity index (χ3v) is 6.20. The van der Waals surface area contributed by atoms with E-state index in [1.165, 1.54) is 5.56 Å². The summed E-state index contributed by atoms with van der Waals surface area (Å²) in [5.74, 6) is 1.19. The SMILES string of the molecule is O=C1CC2(CCN(Cc3cccc(OCCN4CCOCC4)c3)CC2)CN1. The Bertz CT molecular complexity index is 637. The molecule has 6 heteroatoms. The van der Waals surface area contributed by atoms with Gasteiger partial charge in [0.05, 0.1) is 13.2 Å². The minimum Gasteiger partial charge on any atom is -0.492 e. The molecule has 0 saturated carbocycles. The van der Waals surface area contributed by atoms with Crippen molar-refractivity contribution in [1.29, 1.82) is 0 Å². The number of hydrogen-bond acceptors (Lipinski definition) is 5. The highest BCUT2D eigenvalue weighted by molar-refractivity contribution is 5.79. The van der Waals surface area contributed by atoms with Crippen LogP contribution in [-0.2, 0) is 16.1 Å². The van der Waals surface area contributed by atoms with Crippen molar-refractivity contribution < 1.29 is 14.3 Å². The zero-order valence-electron chi connectivity index (χ0n) is 16.1. The fourth-order valence-corrected chi connectivity index (χ4v) is 4.40. The number of nitrogens with one attached hydrogen (secondary N) is 1. The van der Waals surface area contributed by atoms with Gasteiger partial charge >= 0.3 is 0 Å². The summed E-state index contributed by atoms with van der Waals surface area (Å²) in [7, 11) is 0. The van der Waals surface area contributed by atoms with Crippen molar-refractivity contribution >= 4 is 5.91 Å². The Labute approximate surface area is 161 Å². The number of morpholine rings is 1. The number of likely N-dealkylation sites (tertiary alicyclic amines) is 1. The summed E-state index contributed by atoms with van der Waals surface area (Å²) in [4.78, 5) is 16.5. The predicted octanol–water partition coefficient (Wildman–Crippen LogP) is 1.50. The standard InChI is InChI=1S/C21H31N3O3/c25-20-15-21(17-22-20)4-6-24(7-5-21)16-18-2-1-3-19(14-18)27-13-10-23-8-11-26-12-9-23/h1-3,14H,4-13,15-17H2,(H,22,25). The average molecular weight is 373 g/mol. The number of amides is 1. The smallest absolute Gasteiger partial charge is 0.220 e. The van der Waals surface area contributed by atoms with Crippen LogP contribution in [0.1, 0.15) is 24.8 Å². The highest BCUT2D eigenvalue weighted by Crippen LogP contribution is 2.37. The molecule has 1 aromatic rings. The molecule has 0 unspecified atom stereocenters. The molecule has 6 nitrogen and oxygen atoms in total. The second-order valence-corrected chi connectivity index (χ2v) is 8.18. The molecule has 0 aliphatic carbocycles. The molecule has 27 heavy (non-hydrogen) atoms. The maximum atomic E-state index is 11.6. The van der Waals surface area contributed by atoms with Crippen LogP contribution in [0, 0.1) is 5.41 Å². The molecular formula is C21H31N3O3. The first-order valence-corrected chi connectivity index (χ1v) is 10.2. The van der Waals surface area contributed by atoms with E-state index in [-0.39, 0.29) is 11.3 Å². The van der Waals surface area contributed by atoms with Crippen molar-refractivity contribution in [3.05, 3.63) is 29.8 Å². The van der Waals surface area contributed by atoms with Crippen LogP contribution in [-0.4, -0.2) is 74.8 Å². The van der Waals surface area contributed by atoms with Gasteiger partial charge in [0.25, 0.3) is 0 Å². The third kappa shape index (κ3) is 5.00. The molecule has 4 rings (SSSR count). The van der Waals surface area contributed by atoms with Crippen molar-refractivity contribution in [3.8, 4) is 5.75 Å². The van der Waals surface area contributed by atoms with Gasteiger partial charge < -0.3 is 14.8 Å². The molecule has 1 spiro atoms. The van der Waals surface area contributed by atoms with E-state index in [0.717, 1.165) is 84.2 Å². The van der Waals surface area contributed by atoms with Crippen molar-refractivity contribution in [2.45, 2.75) is 25.8 Å². The van der Waals surface area contributed by atoms with Crippen molar-refractivity contribution in [2.24, 2.45) is 5.41 Å². The summed E-state index contributed by atoms with van der Waals surface area (Å²) in [6.45, 7) is 9.29. The van der Waals surface area contributed by atoms with Crippen molar-refractivity contribution in [3.63, 3.8) is 0 Å². The van der Waals surface area contributed by atoms with E-state index in [2.05, 4.69) is 33.3 Å². The number of carbonyl (C=O) groups is 1. The Hall–Kier alpha value is -1.63. The van der Waals surface area contributed by atoms with Gasteiger partial charge in [-0.3, -0.25) is 14.6 Å². The number of carbonyl (C=O) groups excluding carboxylic acids is 1. The molecule has 1 amide bonds. The fraction of sp³-hybridized carbons (Fsp3) is 0.667. The van der Waals surface area contributed by atoms with E-state index >= 15 is 0 Å². The number of hydrogen-bond donors (Lipinski definition) is 1. The summed E-state index contributed by atoms with van der Waals surface area (Å²) >= 11 is 0. The Balaban J connectivity index is 1.23. The second-order valence-electron chi connectivity index (χ2n) is 8.18. The summed E-state index contributed by atoms with van der Waals surface area (Å²) in [5.41, 5.74) is 1.52. The van der Waals surface area contributed by atoms with Crippen molar-refractivity contribution in [2.75, 3.05) is 59.1 Å². The molecule has 1 aromatic carbocycles.